The van der Waals surface area contributed by atoms with Crippen molar-refractivity contribution >= 4 is 17.4 Å². The first kappa shape index (κ1) is 22.2. The van der Waals surface area contributed by atoms with E-state index < -0.39 is 0 Å². The van der Waals surface area contributed by atoms with E-state index in [0.29, 0.717) is 11.7 Å². The van der Waals surface area contributed by atoms with E-state index in [1.54, 1.807) is 25.7 Å². The quantitative estimate of drug-likeness (QED) is 0.552. The predicted octanol–water partition coefficient (Wildman–Crippen LogP) is 2.56. The summed E-state index contributed by atoms with van der Waals surface area (Å²) in [6.45, 7) is 4.26. The van der Waals surface area contributed by atoms with E-state index in [1.807, 2.05) is 24.3 Å². The third-order valence-electron chi connectivity index (χ3n) is 6.55. The molecule has 0 unspecified atom stereocenters. The Labute approximate surface area is 189 Å². The van der Waals surface area contributed by atoms with Gasteiger partial charge in [-0.2, -0.15) is 0 Å². The van der Waals surface area contributed by atoms with E-state index in [9.17, 15) is 4.79 Å². The van der Waals surface area contributed by atoms with Crippen LogP contribution >= 0.6 is 0 Å². The van der Waals surface area contributed by atoms with E-state index in [0.717, 1.165) is 69.7 Å². The lowest BCUT2D eigenvalue weighted by Crippen LogP contribution is -2.46. The number of nitrogens with zero attached hydrogens (tertiary/aromatic N) is 5. The van der Waals surface area contributed by atoms with E-state index in [-0.39, 0.29) is 11.8 Å². The summed E-state index contributed by atoms with van der Waals surface area (Å²) in [5.41, 5.74) is 8.95. The molecule has 0 bridgehead atoms. The smallest absolute Gasteiger partial charge is 0.225 e. The fourth-order valence-electron chi connectivity index (χ4n) is 4.80. The SMILES string of the molecule is CO/N=C(\c1ccncc1)C1CCN(C(=O)C2CCN(Cc3ccnc(N)c3)CC2)CC1. The van der Waals surface area contributed by atoms with Gasteiger partial charge < -0.3 is 15.5 Å². The van der Waals surface area contributed by atoms with E-state index >= 15 is 0 Å². The van der Waals surface area contributed by atoms with Crippen molar-refractivity contribution in [3.8, 4) is 0 Å². The minimum Gasteiger partial charge on any atom is -0.399 e. The Kier molecular flexibility index (Phi) is 7.32. The van der Waals surface area contributed by atoms with Crippen molar-refractivity contribution in [3.63, 3.8) is 0 Å². The number of likely N-dealkylation sites (tertiary alicyclic amines) is 2. The number of aromatic nitrogens is 2. The number of nitrogen functional groups attached to an aromatic ring is 1. The number of carbonyl (C=O) groups excluding carboxylic acids is 1. The largest absolute Gasteiger partial charge is 0.399 e. The first-order valence-corrected chi connectivity index (χ1v) is 11.4. The van der Waals surface area contributed by atoms with Crippen molar-refractivity contribution in [1.82, 2.24) is 19.8 Å². The normalized spacial score (nSPS) is 19.2. The predicted molar refractivity (Wildman–Crippen MR) is 124 cm³/mol. The lowest BCUT2D eigenvalue weighted by Gasteiger charge is -2.37. The number of piperidine rings is 2. The van der Waals surface area contributed by atoms with Crippen LogP contribution in [0.5, 0.6) is 0 Å². The van der Waals surface area contributed by atoms with E-state index in [4.69, 9.17) is 10.6 Å². The standard InChI is InChI=1S/C24H32N6O2/c1-32-28-23(19-3-9-26-10-4-19)20-7-14-30(15-8-20)24(31)21-5-12-29(13-6-21)17-18-2-11-27-22(25)16-18/h2-4,9-11,16,20-21H,5-8,12-15,17H2,1H3,(H2,25,27)/b28-23+. The molecule has 170 valence electrons. The third-order valence-corrected chi connectivity index (χ3v) is 6.55. The molecule has 2 aliphatic heterocycles. The van der Waals surface area contributed by atoms with Crippen molar-refractivity contribution in [2.24, 2.45) is 17.0 Å². The molecule has 0 aliphatic carbocycles. The van der Waals surface area contributed by atoms with Gasteiger partial charge in [0.1, 0.15) is 12.9 Å². The Morgan fingerprint density at radius 1 is 1.06 bits per heavy atom. The number of oxime groups is 1. The molecule has 2 aromatic rings. The number of anilines is 1. The first-order chi connectivity index (χ1) is 15.6. The Hall–Kier alpha value is -3.00. The second kappa shape index (κ2) is 10.5. The molecule has 0 spiro atoms. The van der Waals surface area contributed by atoms with Crippen LogP contribution in [0.25, 0.3) is 0 Å². The molecule has 2 fully saturated rings. The van der Waals surface area contributed by atoms with Crippen LogP contribution in [0, 0.1) is 11.8 Å². The zero-order chi connectivity index (χ0) is 22.3. The van der Waals surface area contributed by atoms with Crippen molar-refractivity contribution < 1.29 is 9.63 Å². The van der Waals surface area contributed by atoms with E-state index in [1.165, 1.54) is 5.56 Å². The van der Waals surface area contributed by atoms with Crippen LogP contribution in [0.4, 0.5) is 5.82 Å². The van der Waals surface area contributed by atoms with Crippen LogP contribution < -0.4 is 5.73 Å². The molecule has 2 saturated heterocycles. The molecule has 32 heavy (non-hydrogen) atoms. The van der Waals surface area contributed by atoms with Crippen molar-refractivity contribution in [3.05, 3.63) is 54.0 Å². The molecule has 8 nitrogen and oxygen atoms in total. The van der Waals surface area contributed by atoms with Gasteiger partial charge in [0, 0.05) is 55.6 Å². The molecule has 2 aromatic heterocycles. The molecule has 1 amide bonds. The van der Waals surface area contributed by atoms with Crippen molar-refractivity contribution in [2.75, 3.05) is 39.0 Å². The molecule has 0 atom stereocenters. The Bertz CT molecular complexity index is 919. The fourth-order valence-corrected chi connectivity index (χ4v) is 4.80. The summed E-state index contributed by atoms with van der Waals surface area (Å²) in [5, 5.41) is 4.29. The van der Waals surface area contributed by atoms with Gasteiger partial charge in [0.05, 0.1) is 5.71 Å². The highest BCUT2D eigenvalue weighted by Crippen LogP contribution is 2.27. The first-order valence-electron chi connectivity index (χ1n) is 11.4. The molecule has 2 aliphatic rings. The van der Waals surface area contributed by atoms with Crippen LogP contribution in [-0.4, -0.2) is 64.7 Å². The number of rotatable bonds is 6. The van der Waals surface area contributed by atoms with Gasteiger partial charge in [0.2, 0.25) is 5.91 Å². The lowest BCUT2D eigenvalue weighted by molar-refractivity contribution is -0.138. The highest BCUT2D eigenvalue weighted by atomic mass is 16.6. The van der Waals surface area contributed by atoms with Crippen LogP contribution in [0.1, 0.15) is 36.8 Å². The average Bonchev–Trinajstić information content (AvgIpc) is 2.83. The van der Waals surface area contributed by atoms with Gasteiger partial charge in [-0.25, -0.2) is 4.98 Å². The maximum Gasteiger partial charge on any atom is 0.225 e. The molecule has 2 N–H and O–H groups in total. The Morgan fingerprint density at radius 3 is 2.41 bits per heavy atom. The Morgan fingerprint density at radius 2 is 1.75 bits per heavy atom. The number of carbonyl (C=O) groups is 1. The fraction of sp³-hybridized carbons (Fsp3) is 0.500. The molecule has 8 heteroatoms. The highest BCUT2D eigenvalue weighted by Gasteiger charge is 2.32. The van der Waals surface area contributed by atoms with E-state index in [2.05, 4.69) is 24.9 Å². The van der Waals surface area contributed by atoms with Gasteiger partial charge in [0.25, 0.3) is 0 Å². The number of nitrogens with two attached hydrogens (primary N) is 1. The monoisotopic (exact) mass is 436 g/mol. The van der Waals surface area contributed by atoms with Gasteiger partial charge in [0.15, 0.2) is 0 Å². The van der Waals surface area contributed by atoms with Crippen molar-refractivity contribution in [2.45, 2.75) is 32.2 Å². The van der Waals surface area contributed by atoms with Gasteiger partial charge in [-0.05, 0) is 68.6 Å². The molecular formula is C24H32N6O2. The van der Waals surface area contributed by atoms with Crippen molar-refractivity contribution in [1.29, 1.82) is 0 Å². The summed E-state index contributed by atoms with van der Waals surface area (Å²) >= 11 is 0. The maximum absolute atomic E-state index is 13.2. The molecule has 0 radical (unpaired) electrons. The molecular weight excluding hydrogens is 404 g/mol. The van der Waals surface area contributed by atoms with Gasteiger partial charge in [-0.1, -0.05) is 5.16 Å². The maximum atomic E-state index is 13.2. The highest BCUT2D eigenvalue weighted by molar-refractivity contribution is 6.02. The average molecular weight is 437 g/mol. The summed E-state index contributed by atoms with van der Waals surface area (Å²) in [6, 6.07) is 7.85. The number of hydrogen-bond acceptors (Lipinski definition) is 7. The second-order valence-corrected chi connectivity index (χ2v) is 8.63. The second-order valence-electron chi connectivity index (χ2n) is 8.63. The van der Waals surface area contributed by atoms with Crippen LogP contribution in [0.3, 0.4) is 0 Å². The molecule has 4 heterocycles. The number of hydrogen-bond donors (Lipinski definition) is 1. The zero-order valence-electron chi connectivity index (χ0n) is 18.7. The topological polar surface area (TPSA) is 96.9 Å². The summed E-state index contributed by atoms with van der Waals surface area (Å²) in [7, 11) is 1.58. The molecule has 4 rings (SSSR count). The minimum atomic E-state index is 0.123. The molecule has 0 saturated carbocycles. The minimum absolute atomic E-state index is 0.123. The zero-order valence-corrected chi connectivity index (χ0v) is 18.7. The molecule has 0 aromatic carbocycles. The van der Waals surface area contributed by atoms with Gasteiger partial charge >= 0.3 is 0 Å². The summed E-state index contributed by atoms with van der Waals surface area (Å²) < 4.78 is 0. The Balaban J connectivity index is 1.27. The van der Waals surface area contributed by atoms with Crippen LogP contribution in [0.15, 0.2) is 48.0 Å². The third kappa shape index (κ3) is 5.43. The van der Waals surface area contributed by atoms with Gasteiger partial charge in [-0.3, -0.25) is 14.7 Å². The summed E-state index contributed by atoms with van der Waals surface area (Å²) in [4.78, 5) is 30.9. The van der Waals surface area contributed by atoms with Crippen LogP contribution in [0.2, 0.25) is 0 Å². The summed E-state index contributed by atoms with van der Waals surface area (Å²) in [6.07, 6.45) is 8.92. The van der Waals surface area contributed by atoms with Crippen LogP contribution in [-0.2, 0) is 16.2 Å². The van der Waals surface area contributed by atoms with Gasteiger partial charge in [-0.15, -0.1) is 0 Å². The number of amides is 1. The number of pyridine rings is 2. The lowest BCUT2D eigenvalue weighted by atomic mass is 9.87. The summed E-state index contributed by atoms with van der Waals surface area (Å²) in [5.74, 6) is 1.28.